The fourth-order valence-electron chi connectivity index (χ4n) is 3.39. The number of ether oxygens (including phenoxy) is 1. The third kappa shape index (κ3) is 4.87. The Morgan fingerprint density at radius 3 is 2.43 bits per heavy atom. The standard InChI is InChI=1S/C24H25N3O3/c1-17(23(28)27-13-12-19-6-4-5-7-20(19)16-27)30-24(29)21(15-25)14-18-8-10-22(11-9-18)26(2)3/h4-11,14,17H,12-13,16H2,1-3H3/b21-14+/t17-/m1/s1. The van der Waals surface area contributed by atoms with Gasteiger partial charge in [-0.05, 0) is 48.2 Å². The number of esters is 1. The molecule has 0 N–H and O–H groups in total. The largest absolute Gasteiger partial charge is 0.448 e. The third-order valence-electron chi connectivity index (χ3n) is 5.13. The van der Waals surface area contributed by atoms with Crippen LogP contribution in [0.25, 0.3) is 6.08 Å². The molecule has 0 aromatic heterocycles. The lowest BCUT2D eigenvalue weighted by Gasteiger charge is -2.30. The summed E-state index contributed by atoms with van der Waals surface area (Å²) in [5.41, 5.74) is 3.92. The summed E-state index contributed by atoms with van der Waals surface area (Å²) in [5, 5.41) is 9.39. The van der Waals surface area contributed by atoms with Gasteiger partial charge < -0.3 is 14.5 Å². The maximum absolute atomic E-state index is 12.8. The number of rotatable bonds is 5. The highest BCUT2D eigenvalue weighted by Crippen LogP contribution is 2.20. The van der Waals surface area contributed by atoms with Crippen LogP contribution >= 0.6 is 0 Å². The van der Waals surface area contributed by atoms with Crippen LogP contribution in [0.2, 0.25) is 0 Å². The number of benzene rings is 2. The highest BCUT2D eigenvalue weighted by Gasteiger charge is 2.27. The van der Waals surface area contributed by atoms with Crippen LogP contribution in [0.1, 0.15) is 23.6 Å². The maximum Gasteiger partial charge on any atom is 0.349 e. The molecule has 0 radical (unpaired) electrons. The van der Waals surface area contributed by atoms with Gasteiger partial charge in [0.25, 0.3) is 5.91 Å². The molecule has 0 saturated carbocycles. The second-order valence-electron chi connectivity index (χ2n) is 7.48. The van der Waals surface area contributed by atoms with E-state index in [-0.39, 0.29) is 11.5 Å². The second-order valence-corrected chi connectivity index (χ2v) is 7.48. The van der Waals surface area contributed by atoms with Crippen LogP contribution in [0.15, 0.2) is 54.1 Å². The predicted molar refractivity (Wildman–Crippen MR) is 115 cm³/mol. The molecule has 1 amide bonds. The van der Waals surface area contributed by atoms with E-state index in [4.69, 9.17) is 4.74 Å². The summed E-state index contributed by atoms with van der Waals surface area (Å²) in [7, 11) is 3.87. The summed E-state index contributed by atoms with van der Waals surface area (Å²) >= 11 is 0. The van der Waals surface area contributed by atoms with Gasteiger partial charge in [-0.2, -0.15) is 5.26 Å². The van der Waals surface area contributed by atoms with Crippen molar-refractivity contribution in [2.75, 3.05) is 25.5 Å². The van der Waals surface area contributed by atoms with E-state index >= 15 is 0 Å². The van der Waals surface area contributed by atoms with Gasteiger partial charge in [0.15, 0.2) is 6.10 Å². The van der Waals surface area contributed by atoms with Crippen LogP contribution in [0.5, 0.6) is 0 Å². The molecule has 154 valence electrons. The SMILES string of the molecule is C[C@@H](OC(=O)/C(C#N)=C/c1ccc(N(C)C)cc1)C(=O)N1CCc2ccccc2C1. The molecule has 2 aromatic rings. The summed E-state index contributed by atoms with van der Waals surface area (Å²) in [6.45, 7) is 2.62. The van der Waals surface area contributed by atoms with Gasteiger partial charge in [0.1, 0.15) is 11.6 Å². The van der Waals surface area contributed by atoms with Crippen molar-refractivity contribution in [3.63, 3.8) is 0 Å². The van der Waals surface area contributed by atoms with Gasteiger partial charge in [0, 0.05) is 32.9 Å². The van der Waals surface area contributed by atoms with Gasteiger partial charge in [-0.15, -0.1) is 0 Å². The molecular weight excluding hydrogens is 378 g/mol. The molecule has 0 saturated heterocycles. The lowest BCUT2D eigenvalue weighted by Crippen LogP contribution is -2.42. The van der Waals surface area contributed by atoms with Crippen molar-refractivity contribution >= 4 is 23.6 Å². The van der Waals surface area contributed by atoms with E-state index in [1.54, 1.807) is 11.8 Å². The summed E-state index contributed by atoms with van der Waals surface area (Å²) < 4.78 is 5.31. The lowest BCUT2D eigenvalue weighted by molar-refractivity contribution is -0.156. The molecule has 0 fully saturated rings. The second kappa shape index (κ2) is 9.27. The molecule has 1 heterocycles. The van der Waals surface area contributed by atoms with Crippen LogP contribution in [0, 0.1) is 11.3 Å². The van der Waals surface area contributed by atoms with Gasteiger partial charge in [0.05, 0.1) is 0 Å². The number of nitrogens with zero attached hydrogens (tertiary/aromatic N) is 3. The van der Waals surface area contributed by atoms with Gasteiger partial charge in [-0.25, -0.2) is 4.79 Å². The molecule has 0 unspecified atom stereocenters. The zero-order valence-corrected chi connectivity index (χ0v) is 17.5. The van der Waals surface area contributed by atoms with E-state index in [1.165, 1.54) is 11.6 Å². The van der Waals surface area contributed by atoms with E-state index in [0.717, 1.165) is 17.7 Å². The van der Waals surface area contributed by atoms with Crippen LogP contribution < -0.4 is 4.90 Å². The van der Waals surface area contributed by atoms with Crippen molar-refractivity contribution in [3.05, 3.63) is 70.8 Å². The number of hydrogen-bond donors (Lipinski definition) is 0. The number of nitriles is 1. The van der Waals surface area contributed by atoms with Gasteiger partial charge >= 0.3 is 5.97 Å². The first-order valence-electron chi connectivity index (χ1n) is 9.84. The number of carbonyl (C=O) groups is 2. The average Bonchev–Trinajstić information content (AvgIpc) is 2.76. The number of amides is 1. The first-order valence-corrected chi connectivity index (χ1v) is 9.84. The number of hydrogen-bond acceptors (Lipinski definition) is 5. The van der Waals surface area contributed by atoms with Crippen molar-refractivity contribution < 1.29 is 14.3 Å². The summed E-state index contributed by atoms with van der Waals surface area (Å²) in [5.74, 6) is -1.06. The minimum Gasteiger partial charge on any atom is -0.448 e. The van der Waals surface area contributed by atoms with Gasteiger partial charge in [-0.3, -0.25) is 4.79 Å². The summed E-state index contributed by atoms with van der Waals surface area (Å²) in [6.07, 6.45) is 1.28. The molecule has 0 bridgehead atoms. The van der Waals surface area contributed by atoms with Crippen LogP contribution in [-0.2, 0) is 27.3 Å². The van der Waals surface area contributed by atoms with Gasteiger partial charge in [0.2, 0.25) is 0 Å². The lowest BCUT2D eigenvalue weighted by atomic mass is 9.99. The molecule has 30 heavy (non-hydrogen) atoms. The van der Waals surface area contributed by atoms with E-state index < -0.39 is 12.1 Å². The van der Waals surface area contributed by atoms with Gasteiger partial charge in [-0.1, -0.05) is 36.4 Å². The molecule has 0 aliphatic carbocycles. The van der Waals surface area contributed by atoms with Crippen molar-refractivity contribution in [1.29, 1.82) is 5.26 Å². The van der Waals surface area contributed by atoms with E-state index in [9.17, 15) is 14.9 Å². The Morgan fingerprint density at radius 2 is 1.80 bits per heavy atom. The molecule has 2 aromatic carbocycles. The zero-order valence-electron chi connectivity index (χ0n) is 17.5. The molecule has 0 spiro atoms. The number of fused-ring (bicyclic) bond motifs is 1. The van der Waals surface area contributed by atoms with Crippen molar-refractivity contribution in [2.24, 2.45) is 0 Å². The fourth-order valence-corrected chi connectivity index (χ4v) is 3.39. The summed E-state index contributed by atoms with van der Waals surface area (Å²) in [6, 6.07) is 17.3. The third-order valence-corrected chi connectivity index (χ3v) is 5.13. The van der Waals surface area contributed by atoms with Crippen molar-refractivity contribution in [3.8, 4) is 6.07 Å². The van der Waals surface area contributed by atoms with E-state index in [0.29, 0.717) is 18.7 Å². The highest BCUT2D eigenvalue weighted by atomic mass is 16.5. The Bertz CT molecular complexity index is 1000. The Kier molecular flexibility index (Phi) is 6.53. The first kappa shape index (κ1) is 21.1. The van der Waals surface area contributed by atoms with Crippen LogP contribution in [0.4, 0.5) is 5.69 Å². The monoisotopic (exact) mass is 403 g/mol. The molecule has 3 rings (SSSR count). The minimum atomic E-state index is -0.962. The van der Waals surface area contributed by atoms with Crippen molar-refractivity contribution in [1.82, 2.24) is 4.90 Å². The van der Waals surface area contributed by atoms with Crippen LogP contribution in [-0.4, -0.2) is 43.5 Å². The molecule has 6 nitrogen and oxygen atoms in total. The quantitative estimate of drug-likeness (QED) is 0.436. The smallest absolute Gasteiger partial charge is 0.349 e. The number of carbonyl (C=O) groups excluding carboxylic acids is 2. The van der Waals surface area contributed by atoms with E-state index in [2.05, 4.69) is 6.07 Å². The molecule has 1 aliphatic rings. The normalized spacial score (nSPS) is 14.3. The first-order chi connectivity index (χ1) is 14.4. The van der Waals surface area contributed by atoms with Crippen molar-refractivity contribution in [2.45, 2.75) is 26.0 Å². The molecule has 6 heteroatoms. The van der Waals surface area contributed by atoms with Crippen LogP contribution in [0.3, 0.4) is 0 Å². The highest BCUT2D eigenvalue weighted by molar-refractivity contribution is 5.99. The topological polar surface area (TPSA) is 73.6 Å². The summed E-state index contributed by atoms with van der Waals surface area (Å²) in [4.78, 5) is 28.9. The fraction of sp³-hybridized carbons (Fsp3) is 0.292. The Labute approximate surface area is 177 Å². The average molecular weight is 403 g/mol. The zero-order chi connectivity index (χ0) is 21.7. The minimum absolute atomic E-state index is 0.142. The number of anilines is 1. The van der Waals surface area contributed by atoms with E-state index in [1.807, 2.05) is 67.5 Å². The Balaban J connectivity index is 1.65. The molecule has 1 aliphatic heterocycles. The molecule has 1 atom stereocenters. The predicted octanol–water partition coefficient (Wildman–Crippen LogP) is 3.18. The maximum atomic E-state index is 12.8. The Morgan fingerprint density at radius 1 is 1.13 bits per heavy atom. The molecular formula is C24H25N3O3. The Hall–Kier alpha value is -3.59.